The molecule has 3 amide bonds. The number of fused-ring (bicyclic) bond motifs is 1. The topological polar surface area (TPSA) is 91.8 Å². The van der Waals surface area contributed by atoms with Crippen molar-refractivity contribution >= 4 is 29.2 Å². The molecule has 3 aliphatic rings. The van der Waals surface area contributed by atoms with Gasteiger partial charge in [0.25, 0.3) is 0 Å². The van der Waals surface area contributed by atoms with E-state index in [2.05, 4.69) is 15.2 Å². The van der Waals surface area contributed by atoms with Crippen molar-refractivity contribution in [2.45, 2.75) is 19.3 Å². The SMILES string of the molecule is O=C(CCN1C(=O)C2CC=CCC2C1=O)Nc1ccc(N2CCOCC2)cn1. The Balaban J connectivity index is 1.29. The maximum atomic E-state index is 12.4. The highest BCUT2D eigenvalue weighted by Gasteiger charge is 2.46. The van der Waals surface area contributed by atoms with Crippen molar-refractivity contribution in [2.24, 2.45) is 11.8 Å². The molecule has 0 radical (unpaired) electrons. The molecule has 2 fully saturated rings. The van der Waals surface area contributed by atoms with E-state index >= 15 is 0 Å². The number of pyridine rings is 1. The number of hydrogen-bond acceptors (Lipinski definition) is 6. The lowest BCUT2D eigenvalue weighted by molar-refractivity contribution is -0.140. The second-order valence-corrected chi connectivity index (χ2v) is 7.28. The number of imide groups is 1. The minimum Gasteiger partial charge on any atom is -0.378 e. The Labute approximate surface area is 163 Å². The van der Waals surface area contributed by atoms with E-state index in [1.54, 1.807) is 12.3 Å². The van der Waals surface area contributed by atoms with Gasteiger partial charge in [-0.05, 0) is 25.0 Å². The number of hydrogen-bond donors (Lipinski definition) is 1. The fourth-order valence-corrected chi connectivity index (χ4v) is 3.98. The molecule has 1 aromatic rings. The zero-order chi connectivity index (χ0) is 19.5. The number of allylic oxidation sites excluding steroid dienone is 2. The maximum absolute atomic E-state index is 12.4. The summed E-state index contributed by atoms with van der Waals surface area (Å²) in [5.74, 6) is -0.621. The lowest BCUT2D eigenvalue weighted by Crippen LogP contribution is -2.36. The van der Waals surface area contributed by atoms with Gasteiger partial charge in [0, 0.05) is 26.1 Å². The van der Waals surface area contributed by atoms with Crippen LogP contribution < -0.4 is 10.2 Å². The van der Waals surface area contributed by atoms with Crippen molar-refractivity contribution in [3.63, 3.8) is 0 Å². The number of nitrogens with zero attached hydrogens (tertiary/aromatic N) is 3. The van der Waals surface area contributed by atoms with Gasteiger partial charge < -0.3 is 15.0 Å². The Kier molecular flexibility index (Phi) is 5.38. The molecule has 2 atom stereocenters. The first-order valence-corrected chi connectivity index (χ1v) is 9.72. The molecule has 0 aromatic carbocycles. The highest BCUT2D eigenvalue weighted by Crippen LogP contribution is 2.35. The van der Waals surface area contributed by atoms with E-state index in [9.17, 15) is 14.4 Å². The third-order valence-corrected chi connectivity index (χ3v) is 5.55. The molecule has 2 aliphatic heterocycles. The lowest BCUT2D eigenvalue weighted by atomic mass is 9.85. The van der Waals surface area contributed by atoms with Crippen molar-refractivity contribution < 1.29 is 19.1 Å². The molecule has 28 heavy (non-hydrogen) atoms. The van der Waals surface area contributed by atoms with Crippen LogP contribution in [-0.4, -0.2) is 60.5 Å². The fraction of sp³-hybridized carbons (Fsp3) is 0.500. The first-order chi connectivity index (χ1) is 13.6. The number of amides is 3. The molecular formula is C20H24N4O4. The Morgan fingerprint density at radius 2 is 1.79 bits per heavy atom. The van der Waals surface area contributed by atoms with Crippen LogP contribution in [0.2, 0.25) is 0 Å². The van der Waals surface area contributed by atoms with E-state index in [1.807, 2.05) is 18.2 Å². The van der Waals surface area contributed by atoms with Gasteiger partial charge in [0.05, 0.1) is 36.9 Å². The van der Waals surface area contributed by atoms with Gasteiger partial charge in [0.2, 0.25) is 17.7 Å². The van der Waals surface area contributed by atoms with Gasteiger partial charge >= 0.3 is 0 Å². The highest BCUT2D eigenvalue weighted by molar-refractivity contribution is 6.05. The van der Waals surface area contributed by atoms with Crippen LogP contribution in [-0.2, 0) is 19.1 Å². The Morgan fingerprint density at radius 3 is 2.39 bits per heavy atom. The van der Waals surface area contributed by atoms with E-state index in [-0.39, 0.29) is 42.5 Å². The zero-order valence-corrected chi connectivity index (χ0v) is 15.7. The summed E-state index contributed by atoms with van der Waals surface area (Å²) in [5, 5.41) is 2.73. The summed E-state index contributed by atoms with van der Waals surface area (Å²) in [6.07, 6.45) is 6.92. The molecule has 1 aromatic heterocycles. The van der Waals surface area contributed by atoms with Crippen LogP contribution >= 0.6 is 0 Å². The summed E-state index contributed by atoms with van der Waals surface area (Å²) >= 11 is 0. The average Bonchev–Trinajstić information content (AvgIpc) is 2.98. The van der Waals surface area contributed by atoms with Crippen molar-refractivity contribution in [2.75, 3.05) is 43.1 Å². The van der Waals surface area contributed by atoms with Crippen LogP contribution in [0, 0.1) is 11.8 Å². The van der Waals surface area contributed by atoms with Crippen LogP contribution in [0.15, 0.2) is 30.5 Å². The summed E-state index contributed by atoms with van der Waals surface area (Å²) in [6, 6.07) is 3.67. The second kappa shape index (κ2) is 8.10. The largest absolute Gasteiger partial charge is 0.378 e. The number of carbonyl (C=O) groups excluding carboxylic acids is 3. The smallest absolute Gasteiger partial charge is 0.233 e. The highest BCUT2D eigenvalue weighted by atomic mass is 16.5. The number of carbonyl (C=O) groups is 3. The van der Waals surface area contributed by atoms with Gasteiger partial charge in [-0.15, -0.1) is 0 Å². The quantitative estimate of drug-likeness (QED) is 0.606. The molecule has 2 saturated heterocycles. The van der Waals surface area contributed by atoms with Gasteiger partial charge in [0.1, 0.15) is 5.82 Å². The Morgan fingerprint density at radius 1 is 1.11 bits per heavy atom. The summed E-state index contributed by atoms with van der Waals surface area (Å²) < 4.78 is 5.34. The van der Waals surface area contributed by atoms with Crippen molar-refractivity contribution in [1.29, 1.82) is 0 Å². The monoisotopic (exact) mass is 384 g/mol. The van der Waals surface area contributed by atoms with Crippen LogP contribution in [0.5, 0.6) is 0 Å². The lowest BCUT2D eigenvalue weighted by Gasteiger charge is -2.28. The number of anilines is 2. The van der Waals surface area contributed by atoms with Gasteiger partial charge in [0.15, 0.2) is 0 Å². The number of morpholine rings is 1. The van der Waals surface area contributed by atoms with Crippen LogP contribution in [0.3, 0.4) is 0 Å². The molecule has 8 heteroatoms. The number of aromatic nitrogens is 1. The van der Waals surface area contributed by atoms with Gasteiger partial charge in [-0.3, -0.25) is 19.3 Å². The molecule has 148 valence electrons. The summed E-state index contributed by atoms with van der Waals surface area (Å²) in [6.45, 7) is 3.16. The first-order valence-electron chi connectivity index (χ1n) is 9.72. The molecule has 1 aliphatic carbocycles. The number of rotatable bonds is 5. The predicted molar refractivity (Wildman–Crippen MR) is 103 cm³/mol. The molecule has 0 bridgehead atoms. The van der Waals surface area contributed by atoms with Gasteiger partial charge in [-0.25, -0.2) is 4.98 Å². The Hall–Kier alpha value is -2.74. The molecular weight excluding hydrogens is 360 g/mol. The third-order valence-electron chi connectivity index (χ3n) is 5.55. The standard InChI is InChI=1S/C20H24N4O4/c25-18(7-8-24-19(26)15-3-1-2-4-16(15)20(24)27)22-17-6-5-14(13-21-17)23-9-11-28-12-10-23/h1-2,5-6,13,15-16H,3-4,7-12H2,(H,21,22,25). The first kappa shape index (κ1) is 18.6. The van der Waals surface area contributed by atoms with E-state index in [4.69, 9.17) is 4.74 Å². The molecule has 8 nitrogen and oxygen atoms in total. The molecule has 0 spiro atoms. The van der Waals surface area contributed by atoms with Crippen LogP contribution in [0.4, 0.5) is 11.5 Å². The van der Waals surface area contributed by atoms with Crippen molar-refractivity contribution in [3.8, 4) is 0 Å². The number of likely N-dealkylation sites (tertiary alicyclic amines) is 1. The third kappa shape index (κ3) is 3.77. The average molecular weight is 384 g/mol. The summed E-state index contributed by atoms with van der Waals surface area (Å²) in [4.78, 5) is 44.8. The molecule has 1 N–H and O–H groups in total. The molecule has 0 saturated carbocycles. The minimum atomic E-state index is -0.264. The second-order valence-electron chi connectivity index (χ2n) is 7.28. The van der Waals surface area contributed by atoms with Gasteiger partial charge in [-0.1, -0.05) is 12.2 Å². The summed E-state index contributed by atoms with van der Waals surface area (Å²) in [5.41, 5.74) is 0.991. The van der Waals surface area contributed by atoms with E-state index in [0.29, 0.717) is 31.9 Å². The van der Waals surface area contributed by atoms with E-state index in [0.717, 1.165) is 18.8 Å². The molecule has 4 rings (SSSR count). The predicted octanol–water partition coefficient (Wildman–Crippen LogP) is 1.20. The fourth-order valence-electron chi connectivity index (χ4n) is 3.98. The summed E-state index contributed by atoms with van der Waals surface area (Å²) in [7, 11) is 0. The Bertz CT molecular complexity index is 760. The minimum absolute atomic E-state index is 0.0667. The van der Waals surface area contributed by atoms with E-state index in [1.165, 1.54) is 4.90 Å². The normalized spacial score (nSPS) is 24.4. The van der Waals surface area contributed by atoms with Crippen molar-refractivity contribution in [3.05, 3.63) is 30.5 Å². The molecule has 3 heterocycles. The number of nitrogens with one attached hydrogen (secondary N) is 1. The van der Waals surface area contributed by atoms with E-state index < -0.39 is 0 Å². The van der Waals surface area contributed by atoms with Crippen molar-refractivity contribution in [1.82, 2.24) is 9.88 Å². The van der Waals surface area contributed by atoms with Gasteiger partial charge in [-0.2, -0.15) is 0 Å². The number of ether oxygens (including phenoxy) is 1. The van der Waals surface area contributed by atoms with Crippen LogP contribution in [0.1, 0.15) is 19.3 Å². The zero-order valence-electron chi connectivity index (χ0n) is 15.7. The van der Waals surface area contributed by atoms with Crippen LogP contribution in [0.25, 0.3) is 0 Å². The molecule has 2 unspecified atom stereocenters. The maximum Gasteiger partial charge on any atom is 0.233 e.